The second-order valence-electron chi connectivity index (χ2n) is 2.86. The van der Waals surface area contributed by atoms with Gasteiger partial charge in [0.05, 0.1) is 6.61 Å². The summed E-state index contributed by atoms with van der Waals surface area (Å²) in [4.78, 5) is 22.3. The lowest BCUT2D eigenvalue weighted by Gasteiger charge is -2.04. The highest BCUT2D eigenvalue weighted by Gasteiger charge is 2.14. The summed E-state index contributed by atoms with van der Waals surface area (Å²) in [6.45, 7) is 7.11. The van der Waals surface area contributed by atoms with Crippen LogP contribution < -0.4 is 0 Å². The molecule has 0 fully saturated rings. The summed E-state index contributed by atoms with van der Waals surface area (Å²) in [5.41, 5.74) is 0.0519. The fraction of sp³-hybridized carbons (Fsp3) is 0.455. The van der Waals surface area contributed by atoms with Crippen LogP contribution in [-0.2, 0) is 14.3 Å². The molecule has 0 aliphatic rings. The Bertz CT molecular complexity index is 251. The monoisotopic (exact) mass is 196 g/mol. The van der Waals surface area contributed by atoms with Gasteiger partial charge in [-0.15, -0.1) is 0 Å². The summed E-state index contributed by atoms with van der Waals surface area (Å²) >= 11 is 0. The summed E-state index contributed by atoms with van der Waals surface area (Å²) in [6.07, 6.45) is 4.54. The van der Waals surface area contributed by atoms with Crippen LogP contribution in [0.3, 0.4) is 0 Å². The highest BCUT2D eigenvalue weighted by Crippen LogP contribution is 2.01. The number of ketones is 1. The van der Waals surface area contributed by atoms with E-state index < -0.39 is 5.97 Å². The van der Waals surface area contributed by atoms with Crippen molar-refractivity contribution in [1.82, 2.24) is 0 Å². The van der Waals surface area contributed by atoms with Crippen molar-refractivity contribution in [2.75, 3.05) is 6.61 Å². The Morgan fingerprint density at radius 3 is 2.50 bits per heavy atom. The van der Waals surface area contributed by atoms with Crippen molar-refractivity contribution in [3.63, 3.8) is 0 Å². The molecule has 0 aliphatic carbocycles. The molecule has 0 N–H and O–H groups in total. The number of unbranched alkanes of at least 4 members (excludes halogenated alkanes) is 1. The number of hydrogen-bond donors (Lipinski definition) is 0. The predicted octanol–water partition coefficient (Wildman–Crippen LogP) is 2.03. The number of ether oxygens (including phenoxy) is 1. The fourth-order valence-electron chi connectivity index (χ4n) is 0.834. The van der Waals surface area contributed by atoms with Crippen LogP contribution in [0.2, 0.25) is 0 Å². The van der Waals surface area contributed by atoms with E-state index in [9.17, 15) is 9.59 Å². The normalized spacial score (nSPS) is 10.9. The molecular weight excluding hydrogens is 180 g/mol. The van der Waals surface area contributed by atoms with Gasteiger partial charge in [0.1, 0.15) is 5.57 Å². The minimum atomic E-state index is -0.564. The van der Waals surface area contributed by atoms with Crippen LogP contribution in [0, 0.1) is 0 Å². The van der Waals surface area contributed by atoms with Crippen molar-refractivity contribution in [1.29, 1.82) is 0 Å². The van der Waals surface area contributed by atoms with E-state index in [0.29, 0.717) is 6.61 Å². The van der Waals surface area contributed by atoms with Crippen molar-refractivity contribution in [2.45, 2.75) is 26.7 Å². The minimum Gasteiger partial charge on any atom is -0.462 e. The highest BCUT2D eigenvalue weighted by molar-refractivity contribution is 6.16. The van der Waals surface area contributed by atoms with Gasteiger partial charge in [0, 0.05) is 0 Å². The van der Waals surface area contributed by atoms with Crippen molar-refractivity contribution in [3.8, 4) is 0 Å². The van der Waals surface area contributed by atoms with E-state index in [2.05, 4.69) is 6.58 Å². The molecule has 0 aromatic heterocycles. The lowest BCUT2D eigenvalue weighted by atomic mass is 10.2. The summed E-state index contributed by atoms with van der Waals surface area (Å²) in [5, 5.41) is 0. The zero-order chi connectivity index (χ0) is 11.0. The maximum atomic E-state index is 11.3. The Morgan fingerprint density at radius 1 is 1.43 bits per heavy atom. The molecule has 0 spiro atoms. The van der Waals surface area contributed by atoms with Crippen LogP contribution >= 0.6 is 0 Å². The smallest absolute Gasteiger partial charge is 0.341 e. The molecule has 14 heavy (non-hydrogen) atoms. The molecule has 0 atom stereocenters. The first-order chi connectivity index (χ1) is 6.63. The number of esters is 1. The molecule has 0 aromatic carbocycles. The van der Waals surface area contributed by atoms with Crippen molar-refractivity contribution >= 4 is 11.8 Å². The van der Waals surface area contributed by atoms with E-state index in [1.165, 1.54) is 19.1 Å². The predicted molar refractivity (Wildman–Crippen MR) is 54.8 cm³/mol. The van der Waals surface area contributed by atoms with Crippen LogP contribution in [0.4, 0.5) is 0 Å². The molecule has 0 bridgehead atoms. The van der Waals surface area contributed by atoms with Crippen LogP contribution in [-0.4, -0.2) is 18.4 Å². The second-order valence-corrected chi connectivity index (χ2v) is 2.86. The van der Waals surface area contributed by atoms with Gasteiger partial charge in [0.15, 0.2) is 5.78 Å². The van der Waals surface area contributed by atoms with Gasteiger partial charge >= 0.3 is 5.97 Å². The average Bonchev–Trinajstić information content (AvgIpc) is 2.13. The lowest BCUT2D eigenvalue weighted by molar-refractivity contribution is -0.140. The average molecular weight is 196 g/mol. The van der Waals surface area contributed by atoms with E-state index >= 15 is 0 Å². The first-order valence-corrected chi connectivity index (χ1v) is 4.64. The molecule has 0 aromatic rings. The number of carbonyl (C=O) groups is 2. The van der Waals surface area contributed by atoms with Gasteiger partial charge in [-0.2, -0.15) is 0 Å². The molecule has 3 nitrogen and oxygen atoms in total. The van der Waals surface area contributed by atoms with E-state index in [1.54, 1.807) is 0 Å². The van der Waals surface area contributed by atoms with Crippen molar-refractivity contribution in [3.05, 3.63) is 24.3 Å². The molecule has 3 heteroatoms. The van der Waals surface area contributed by atoms with Gasteiger partial charge in [-0.3, -0.25) is 4.79 Å². The molecule has 0 radical (unpaired) electrons. The number of Topliss-reactive ketones (excluding diaryl/α,β-unsaturated/α-hetero) is 1. The molecule has 78 valence electrons. The second kappa shape index (κ2) is 7.06. The summed E-state index contributed by atoms with van der Waals surface area (Å²) < 4.78 is 4.88. The largest absolute Gasteiger partial charge is 0.462 e. The third-order valence-corrected chi connectivity index (χ3v) is 1.61. The van der Waals surface area contributed by atoms with Gasteiger partial charge in [0.25, 0.3) is 0 Å². The topological polar surface area (TPSA) is 43.4 Å². The highest BCUT2D eigenvalue weighted by atomic mass is 16.5. The van der Waals surface area contributed by atoms with E-state index in [0.717, 1.165) is 12.8 Å². The maximum absolute atomic E-state index is 11.3. The Kier molecular flexibility index (Phi) is 6.37. The molecular formula is C11H16O3. The third kappa shape index (κ3) is 4.60. The van der Waals surface area contributed by atoms with Crippen molar-refractivity contribution in [2.24, 2.45) is 0 Å². The Hall–Kier alpha value is -1.38. The van der Waals surface area contributed by atoms with Crippen LogP contribution in [0.5, 0.6) is 0 Å². The first-order valence-electron chi connectivity index (χ1n) is 4.64. The minimum absolute atomic E-state index is 0.0519. The number of hydrogen-bond acceptors (Lipinski definition) is 3. The molecule has 0 aliphatic heterocycles. The number of rotatable bonds is 6. The molecule has 0 amide bonds. The van der Waals surface area contributed by atoms with Crippen LogP contribution in [0.15, 0.2) is 24.3 Å². The number of carbonyl (C=O) groups excluding carboxylic acids is 2. The zero-order valence-corrected chi connectivity index (χ0v) is 8.71. The summed E-state index contributed by atoms with van der Waals surface area (Å²) in [7, 11) is 0. The quantitative estimate of drug-likeness (QED) is 0.163. The molecule has 0 heterocycles. The molecule has 0 saturated carbocycles. The first kappa shape index (κ1) is 12.6. The van der Waals surface area contributed by atoms with Gasteiger partial charge in [-0.05, 0) is 19.4 Å². The van der Waals surface area contributed by atoms with Gasteiger partial charge in [-0.1, -0.05) is 26.0 Å². The SMILES string of the molecule is C=CC=C(C(C)=O)C(=O)OCCCC. The van der Waals surface area contributed by atoms with Crippen LogP contribution in [0.1, 0.15) is 26.7 Å². The fourth-order valence-corrected chi connectivity index (χ4v) is 0.834. The van der Waals surface area contributed by atoms with Crippen LogP contribution in [0.25, 0.3) is 0 Å². The van der Waals surface area contributed by atoms with E-state index in [4.69, 9.17) is 4.74 Å². The standard InChI is InChI=1S/C11H16O3/c1-4-6-8-14-11(13)10(7-5-2)9(3)12/h5,7H,2,4,6,8H2,1,3H3. The summed E-state index contributed by atoms with van der Waals surface area (Å²) in [5.74, 6) is -0.864. The molecule has 0 unspecified atom stereocenters. The summed E-state index contributed by atoms with van der Waals surface area (Å²) in [6, 6.07) is 0. The molecule has 0 saturated heterocycles. The van der Waals surface area contributed by atoms with E-state index in [1.807, 2.05) is 6.92 Å². The zero-order valence-electron chi connectivity index (χ0n) is 8.71. The Morgan fingerprint density at radius 2 is 2.07 bits per heavy atom. The Labute approximate surface area is 84.4 Å². The number of allylic oxidation sites excluding steroid dienone is 2. The third-order valence-electron chi connectivity index (χ3n) is 1.61. The lowest BCUT2D eigenvalue weighted by Crippen LogP contribution is -2.14. The van der Waals surface area contributed by atoms with Gasteiger partial charge in [0.2, 0.25) is 0 Å². The van der Waals surface area contributed by atoms with E-state index in [-0.39, 0.29) is 11.4 Å². The Balaban J connectivity index is 4.24. The molecule has 0 rings (SSSR count). The van der Waals surface area contributed by atoms with Gasteiger partial charge < -0.3 is 4.74 Å². The van der Waals surface area contributed by atoms with Crippen molar-refractivity contribution < 1.29 is 14.3 Å². The van der Waals surface area contributed by atoms with Gasteiger partial charge in [-0.25, -0.2) is 4.79 Å². The maximum Gasteiger partial charge on any atom is 0.341 e.